The van der Waals surface area contributed by atoms with E-state index >= 15 is 0 Å². The van der Waals surface area contributed by atoms with Crippen molar-refractivity contribution in [3.8, 4) is 5.75 Å². The average molecular weight is 349 g/mol. The zero-order valence-corrected chi connectivity index (χ0v) is 13.6. The van der Waals surface area contributed by atoms with Crippen molar-refractivity contribution in [1.29, 1.82) is 0 Å². The molecule has 1 N–H and O–H groups in total. The Hall–Kier alpha value is -1.74. The van der Waals surface area contributed by atoms with Crippen molar-refractivity contribution in [2.45, 2.75) is 37.4 Å². The average Bonchev–Trinajstić information content (AvgIpc) is 2.75. The van der Waals surface area contributed by atoms with Crippen LogP contribution in [0.5, 0.6) is 5.75 Å². The Balaban J connectivity index is 2.28. The van der Waals surface area contributed by atoms with E-state index in [0.29, 0.717) is 6.42 Å². The van der Waals surface area contributed by atoms with Crippen LogP contribution in [0, 0.1) is 17.6 Å². The number of nitrogens with one attached hydrogen (secondary N) is 1. The molecule has 1 heterocycles. The largest absolute Gasteiger partial charge is 0.497 e. The summed E-state index contributed by atoms with van der Waals surface area (Å²) in [6.07, 6.45) is -0.592. The molecule has 6 nitrogen and oxygen atoms in total. The summed E-state index contributed by atoms with van der Waals surface area (Å²) in [5, 5.41) is 0. The second kappa shape index (κ2) is 6.40. The fourth-order valence-corrected chi connectivity index (χ4v) is 3.67. The third kappa shape index (κ3) is 3.61. The smallest absolute Gasteiger partial charge is 0.269 e. The van der Waals surface area contributed by atoms with Gasteiger partial charge in [0.1, 0.15) is 23.5 Å². The summed E-state index contributed by atoms with van der Waals surface area (Å²) >= 11 is 0. The van der Waals surface area contributed by atoms with Crippen molar-refractivity contribution in [3.63, 3.8) is 0 Å². The van der Waals surface area contributed by atoms with Gasteiger partial charge in [0.25, 0.3) is 15.9 Å². The van der Waals surface area contributed by atoms with Crippen LogP contribution < -0.4 is 9.46 Å². The molecule has 1 aromatic carbocycles. The van der Waals surface area contributed by atoms with Crippen molar-refractivity contribution in [1.82, 2.24) is 4.72 Å². The molecule has 0 spiro atoms. The maximum absolute atomic E-state index is 13.9. The first kappa shape index (κ1) is 17.6. The van der Waals surface area contributed by atoms with Crippen molar-refractivity contribution in [2.24, 2.45) is 5.92 Å². The van der Waals surface area contributed by atoms with Gasteiger partial charge in [-0.3, -0.25) is 4.79 Å². The molecular weight excluding hydrogens is 332 g/mol. The fourth-order valence-electron chi connectivity index (χ4n) is 2.56. The highest BCUT2D eigenvalue weighted by Crippen LogP contribution is 2.27. The highest BCUT2D eigenvalue weighted by Gasteiger charge is 2.38. The number of halogens is 2. The minimum Gasteiger partial charge on any atom is -0.497 e. The molecule has 23 heavy (non-hydrogen) atoms. The van der Waals surface area contributed by atoms with Crippen LogP contribution in [0.25, 0.3) is 0 Å². The lowest BCUT2D eigenvalue weighted by molar-refractivity contribution is -0.131. The Morgan fingerprint density at radius 1 is 1.30 bits per heavy atom. The quantitative estimate of drug-likeness (QED) is 0.893. The van der Waals surface area contributed by atoms with Crippen molar-refractivity contribution < 1.29 is 31.5 Å². The van der Waals surface area contributed by atoms with E-state index in [1.54, 1.807) is 18.6 Å². The topological polar surface area (TPSA) is 81.7 Å². The fraction of sp³-hybridized carbons (Fsp3) is 0.500. The van der Waals surface area contributed by atoms with Gasteiger partial charge in [0.2, 0.25) is 0 Å². The number of hydrogen-bond acceptors (Lipinski definition) is 5. The molecule has 3 atom stereocenters. The first-order chi connectivity index (χ1) is 10.7. The minimum atomic E-state index is -4.71. The van der Waals surface area contributed by atoms with Gasteiger partial charge in [-0.2, -0.15) is 0 Å². The summed E-state index contributed by atoms with van der Waals surface area (Å²) in [5.41, 5.74) is 0. The molecule has 9 heteroatoms. The van der Waals surface area contributed by atoms with Crippen molar-refractivity contribution in [3.05, 3.63) is 23.8 Å². The Morgan fingerprint density at radius 2 is 1.87 bits per heavy atom. The highest BCUT2D eigenvalue weighted by atomic mass is 32.2. The minimum absolute atomic E-state index is 0.174. The molecule has 1 aromatic rings. The van der Waals surface area contributed by atoms with Crippen LogP contribution in [-0.2, 0) is 19.6 Å². The number of carbonyl (C=O) groups is 1. The van der Waals surface area contributed by atoms with Gasteiger partial charge in [-0.1, -0.05) is 6.92 Å². The molecule has 0 aromatic heterocycles. The number of amides is 1. The molecule has 0 bridgehead atoms. The molecule has 1 aliphatic rings. The molecule has 1 aliphatic heterocycles. The van der Waals surface area contributed by atoms with E-state index in [9.17, 15) is 22.0 Å². The molecule has 1 saturated heterocycles. The van der Waals surface area contributed by atoms with Crippen molar-refractivity contribution >= 4 is 15.9 Å². The maximum Gasteiger partial charge on any atom is 0.269 e. The summed E-state index contributed by atoms with van der Waals surface area (Å²) in [7, 11) is -3.52. The first-order valence-electron chi connectivity index (χ1n) is 6.91. The third-order valence-corrected chi connectivity index (χ3v) is 4.97. The summed E-state index contributed by atoms with van der Waals surface area (Å²) in [5.74, 6) is -4.03. The summed E-state index contributed by atoms with van der Waals surface area (Å²) in [4.78, 5) is 10.8. The predicted molar refractivity (Wildman–Crippen MR) is 76.4 cm³/mol. The van der Waals surface area contributed by atoms with Gasteiger partial charge in [-0.05, 0) is 19.3 Å². The molecule has 1 amide bonds. The van der Waals surface area contributed by atoms with Crippen LogP contribution in [0.3, 0.4) is 0 Å². The Labute approximate surface area is 132 Å². The molecule has 0 unspecified atom stereocenters. The molecule has 1 fully saturated rings. The molecule has 0 saturated carbocycles. The molecular formula is C14H17F2NO5S. The van der Waals surface area contributed by atoms with Gasteiger partial charge in [0.05, 0.1) is 13.2 Å². The second-order valence-corrected chi connectivity index (χ2v) is 7.09. The van der Waals surface area contributed by atoms with E-state index in [4.69, 9.17) is 4.74 Å². The number of benzene rings is 1. The van der Waals surface area contributed by atoms with E-state index < -0.39 is 38.6 Å². The molecule has 2 rings (SSSR count). The Morgan fingerprint density at radius 3 is 2.30 bits per heavy atom. The van der Waals surface area contributed by atoms with Gasteiger partial charge >= 0.3 is 0 Å². The first-order valence-corrected chi connectivity index (χ1v) is 8.39. The second-order valence-electron chi connectivity index (χ2n) is 5.47. The number of methoxy groups -OCH3 is 1. The number of carbonyl (C=O) groups excluding carboxylic acids is 1. The van der Waals surface area contributed by atoms with Gasteiger partial charge in [0.15, 0.2) is 4.90 Å². The lowest BCUT2D eigenvalue weighted by Gasteiger charge is -2.15. The van der Waals surface area contributed by atoms with E-state index in [0.717, 1.165) is 12.1 Å². The van der Waals surface area contributed by atoms with E-state index in [2.05, 4.69) is 4.74 Å². The van der Waals surface area contributed by atoms with Gasteiger partial charge in [0, 0.05) is 12.1 Å². The zero-order valence-electron chi connectivity index (χ0n) is 12.8. The maximum atomic E-state index is 13.9. The van der Waals surface area contributed by atoms with Crippen LogP contribution in [-0.4, -0.2) is 33.6 Å². The SMILES string of the molecule is COc1cc(F)c(S(=O)(=O)NC(=O)[C@@H]2O[C@H](C)C[C@H]2C)c(F)c1. The van der Waals surface area contributed by atoms with Crippen LogP contribution in [0.4, 0.5) is 8.78 Å². The Bertz CT molecular complexity index is 699. The summed E-state index contributed by atoms with van der Waals surface area (Å²) < 4.78 is 63.6. The summed E-state index contributed by atoms with van der Waals surface area (Å²) in [6.45, 7) is 3.48. The van der Waals surface area contributed by atoms with E-state index in [1.807, 2.05) is 0 Å². The molecule has 128 valence electrons. The van der Waals surface area contributed by atoms with Gasteiger partial charge in [-0.15, -0.1) is 0 Å². The highest BCUT2D eigenvalue weighted by molar-refractivity contribution is 7.90. The Kier molecular flexibility index (Phi) is 4.90. The monoisotopic (exact) mass is 349 g/mol. The number of rotatable bonds is 4. The predicted octanol–water partition coefficient (Wildman–Crippen LogP) is 1.59. The third-order valence-electron chi connectivity index (χ3n) is 3.57. The lowest BCUT2D eigenvalue weighted by Crippen LogP contribution is -2.41. The standard InChI is InChI=1S/C14H17F2NO5S/c1-7-4-8(2)22-12(7)14(18)17-23(19,20)13-10(15)5-9(21-3)6-11(13)16/h5-8,12H,4H2,1-3H3,(H,17,18)/t7-,8-,12-/m1/s1. The van der Waals surface area contributed by atoms with Crippen LogP contribution >= 0.6 is 0 Å². The molecule has 0 radical (unpaired) electrons. The van der Waals surface area contributed by atoms with Crippen molar-refractivity contribution in [2.75, 3.05) is 7.11 Å². The normalized spacial score (nSPS) is 24.5. The number of sulfonamides is 1. The van der Waals surface area contributed by atoms with E-state index in [-0.39, 0.29) is 17.8 Å². The van der Waals surface area contributed by atoms with Gasteiger partial charge < -0.3 is 9.47 Å². The summed E-state index contributed by atoms with van der Waals surface area (Å²) in [6, 6.07) is 1.44. The van der Waals surface area contributed by atoms with Crippen LogP contribution in [0.2, 0.25) is 0 Å². The van der Waals surface area contributed by atoms with E-state index in [1.165, 1.54) is 7.11 Å². The van der Waals surface area contributed by atoms with Crippen LogP contribution in [0.15, 0.2) is 17.0 Å². The number of ether oxygens (including phenoxy) is 2. The molecule has 0 aliphatic carbocycles. The number of hydrogen-bond donors (Lipinski definition) is 1. The van der Waals surface area contributed by atoms with Crippen LogP contribution in [0.1, 0.15) is 20.3 Å². The zero-order chi connectivity index (χ0) is 17.4. The van der Waals surface area contributed by atoms with Gasteiger partial charge in [-0.25, -0.2) is 21.9 Å². The lowest BCUT2D eigenvalue weighted by atomic mass is 10.0.